The third kappa shape index (κ3) is 4.20. The molecule has 7 nitrogen and oxygen atoms in total. The fourth-order valence-electron chi connectivity index (χ4n) is 3.13. The van der Waals surface area contributed by atoms with Crippen LogP contribution in [0.1, 0.15) is 24.8 Å². The molecule has 0 saturated heterocycles. The molecule has 0 aliphatic heterocycles. The van der Waals surface area contributed by atoms with Crippen LogP contribution >= 0.6 is 0 Å². The van der Waals surface area contributed by atoms with Gasteiger partial charge in [-0.25, -0.2) is 17.9 Å². The Hall–Kier alpha value is -2.78. The summed E-state index contributed by atoms with van der Waals surface area (Å²) in [5.41, 5.74) is 0.0116. The summed E-state index contributed by atoms with van der Waals surface area (Å²) in [6, 6.07) is 11.1. The monoisotopic (exact) mass is 406 g/mol. The SMILES string of the molecule is NS(=O)(=O)c1cccc(NC(=O)COC(=O)C2(c3ccc(F)cc3)CCC2)c1. The number of carbonyl (C=O) groups is 2. The maximum Gasteiger partial charge on any atom is 0.317 e. The van der Waals surface area contributed by atoms with Crippen molar-refractivity contribution in [3.05, 3.63) is 59.9 Å². The van der Waals surface area contributed by atoms with E-state index in [1.807, 2.05) is 0 Å². The molecule has 0 aromatic heterocycles. The predicted octanol–water partition coefficient (Wildman–Crippen LogP) is 2.08. The largest absolute Gasteiger partial charge is 0.455 e. The molecule has 28 heavy (non-hydrogen) atoms. The minimum absolute atomic E-state index is 0.146. The van der Waals surface area contributed by atoms with E-state index in [2.05, 4.69) is 5.32 Å². The molecule has 0 heterocycles. The molecular formula is C19H19FN2O5S. The number of benzene rings is 2. The number of hydrogen-bond acceptors (Lipinski definition) is 5. The van der Waals surface area contributed by atoms with Gasteiger partial charge in [-0.05, 0) is 48.7 Å². The average molecular weight is 406 g/mol. The van der Waals surface area contributed by atoms with Gasteiger partial charge in [-0.2, -0.15) is 0 Å². The topological polar surface area (TPSA) is 116 Å². The number of primary sulfonamides is 1. The number of amides is 1. The molecule has 3 rings (SSSR count). The lowest BCUT2D eigenvalue weighted by Gasteiger charge is -2.39. The second kappa shape index (κ2) is 7.69. The number of ether oxygens (including phenoxy) is 1. The molecule has 3 N–H and O–H groups in total. The van der Waals surface area contributed by atoms with Gasteiger partial charge >= 0.3 is 5.97 Å². The van der Waals surface area contributed by atoms with Crippen molar-refractivity contribution in [3.8, 4) is 0 Å². The first-order chi connectivity index (χ1) is 13.2. The normalized spacial score (nSPS) is 15.4. The average Bonchev–Trinajstić information content (AvgIpc) is 2.60. The summed E-state index contributed by atoms with van der Waals surface area (Å²) in [5.74, 6) is -1.56. The lowest BCUT2D eigenvalue weighted by atomic mass is 9.64. The Bertz CT molecular complexity index is 1000. The van der Waals surface area contributed by atoms with Gasteiger partial charge in [-0.15, -0.1) is 0 Å². The van der Waals surface area contributed by atoms with Gasteiger partial charge in [0, 0.05) is 5.69 Å². The molecule has 1 fully saturated rings. The number of nitrogens with one attached hydrogen (secondary N) is 1. The van der Waals surface area contributed by atoms with Crippen LogP contribution in [0.4, 0.5) is 10.1 Å². The molecule has 2 aromatic carbocycles. The first-order valence-electron chi connectivity index (χ1n) is 8.57. The third-order valence-electron chi connectivity index (χ3n) is 4.78. The molecule has 1 saturated carbocycles. The van der Waals surface area contributed by atoms with Gasteiger partial charge in [0.2, 0.25) is 10.0 Å². The van der Waals surface area contributed by atoms with Crippen molar-refractivity contribution in [2.45, 2.75) is 29.6 Å². The molecule has 1 aliphatic rings. The van der Waals surface area contributed by atoms with Crippen LogP contribution in [0.5, 0.6) is 0 Å². The lowest BCUT2D eigenvalue weighted by Crippen LogP contribution is -2.44. The highest BCUT2D eigenvalue weighted by Gasteiger charge is 2.47. The zero-order valence-corrected chi connectivity index (χ0v) is 15.7. The van der Waals surface area contributed by atoms with Crippen molar-refractivity contribution in [1.82, 2.24) is 0 Å². The molecule has 0 bridgehead atoms. The molecule has 1 aliphatic carbocycles. The van der Waals surface area contributed by atoms with Crippen LogP contribution in [0.25, 0.3) is 0 Å². The van der Waals surface area contributed by atoms with E-state index < -0.39 is 39.7 Å². The van der Waals surface area contributed by atoms with Gasteiger partial charge < -0.3 is 10.1 Å². The van der Waals surface area contributed by atoms with Gasteiger partial charge in [0.1, 0.15) is 5.82 Å². The Labute approximate surface area is 161 Å². The van der Waals surface area contributed by atoms with Gasteiger partial charge in [-0.1, -0.05) is 24.6 Å². The van der Waals surface area contributed by atoms with E-state index in [-0.39, 0.29) is 10.6 Å². The van der Waals surface area contributed by atoms with E-state index in [1.165, 1.54) is 36.4 Å². The van der Waals surface area contributed by atoms with Crippen molar-refractivity contribution >= 4 is 27.6 Å². The fourth-order valence-corrected chi connectivity index (χ4v) is 3.69. The van der Waals surface area contributed by atoms with Crippen LogP contribution < -0.4 is 10.5 Å². The van der Waals surface area contributed by atoms with E-state index in [0.29, 0.717) is 18.4 Å². The number of hydrogen-bond donors (Lipinski definition) is 2. The summed E-state index contributed by atoms with van der Waals surface area (Å²) in [4.78, 5) is 24.5. The Morgan fingerprint density at radius 1 is 1.14 bits per heavy atom. The number of anilines is 1. The minimum atomic E-state index is -3.90. The number of rotatable bonds is 6. The standard InChI is InChI=1S/C19H19FN2O5S/c20-14-7-5-13(6-8-14)19(9-2-10-19)18(24)27-12-17(23)22-15-3-1-4-16(11-15)28(21,25)26/h1,3-8,11H,2,9-10,12H2,(H,22,23)(H2,21,25,26). The van der Waals surface area contributed by atoms with Gasteiger partial charge in [-0.3, -0.25) is 9.59 Å². The van der Waals surface area contributed by atoms with Gasteiger partial charge in [0.05, 0.1) is 10.3 Å². The van der Waals surface area contributed by atoms with Crippen molar-refractivity contribution in [1.29, 1.82) is 0 Å². The number of carbonyl (C=O) groups excluding carboxylic acids is 2. The third-order valence-corrected chi connectivity index (χ3v) is 5.69. The molecular weight excluding hydrogens is 387 g/mol. The molecule has 1 amide bonds. The Morgan fingerprint density at radius 3 is 2.39 bits per heavy atom. The molecule has 9 heteroatoms. The highest BCUT2D eigenvalue weighted by molar-refractivity contribution is 7.89. The van der Waals surface area contributed by atoms with Crippen LogP contribution in [-0.2, 0) is 29.8 Å². The number of halogens is 1. The zero-order chi connectivity index (χ0) is 20.4. The van der Waals surface area contributed by atoms with Crippen molar-refractivity contribution in [2.75, 3.05) is 11.9 Å². The van der Waals surface area contributed by atoms with Crippen molar-refractivity contribution < 1.29 is 27.1 Å². The van der Waals surface area contributed by atoms with Crippen LogP contribution in [-0.4, -0.2) is 26.9 Å². The van der Waals surface area contributed by atoms with Gasteiger partial charge in [0.25, 0.3) is 5.91 Å². The number of nitrogens with two attached hydrogens (primary N) is 1. The Morgan fingerprint density at radius 2 is 1.82 bits per heavy atom. The highest BCUT2D eigenvalue weighted by atomic mass is 32.2. The van der Waals surface area contributed by atoms with Crippen molar-refractivity contribution in [2.24, 2.45) is 5.14 Å². The summed E-state index contributed by atoms with van der Waals surface area (Å²) in [5, 5.41) is 7.51. The summed E-state index contributed by atoms with van der Waals surface area (Å²) < 4.78 is 41.1. The highest BCUT2D eigenvalue weighted by Crippen LogP contribution is 2.44. The molecule has 2 aromatic rings. The summed E-state index contributed by atoms with van der Waals surface area (Å²) >= 11 is 0. The second-order valence-corrected chi connectivity index (χ2v) is 8.20. The van der Waals surface area contributed by atoms with Crippen LogP contribution in [0.15, 0.2) is 53.4 Å². The fraction of sp³-hybridized carbons (Fsp3) is 0.263. The predicted molar refractivity (Wildman–Crippen MR) is 99.3 cm³/mol. The molecule has 0 spiro atoms. The maximum absolute atomic E-state index is 13.1. The lowest BCUT2D eigenvalue weighted by molar-refractivity contribution is -0.156. The smallest absolute Gasteiger partial charge is 0.317 e. The zero-order valence-electron chi connectivity index (χ0n) is 14.9. The van der Waals surface area contributed by atoms with E-state index in [9.17, 15) is 22.4 Å². The number of esters is 1. The summed E-state index contributed by atoms with van der Waals surface area (Å²) in [6.45, 7) is -0.526. The molecule has 0 atom stereocenters. The number of sulfonamides is 1. The Kier molecular flexibility index (Phi) is 5.48. The molecule has 148 valence electrons. The first-order valence-corrected chi connectivity index (χ1v) is 10.1. The van der Waals surface area contributed by atoms with E-state index in [4.69, 9.17) is 9.88 Å². The van der Waals surface area contributed by atoms with E-state index in [1.54, 1.807) is 12.1 Å². The van der Waals surface area contributed by atoms with Gasteiger partial charge in [0.15, 0.2) is 6.61 Å². The van der Waals surface area contributed by atoms with Crippen LogP contribution in [0.2, 0.25) is 0 Å². The van der Waals surface area contributed by atoms with Crippen LogP contribution in [0.3, 0.4) is 0 Å². The quantitative estimate of drug-likeness (QED) is 0.713. The van der Waals surface area contributed by atoms with E-state index >= 15 is 0 Å². The summed E-state index contributed by atoms with van der Waals surface area (Å²) in [6.07, 6.45) is 1.96. The van der Waals surface area contributed by atoms with E-state index in [0.717, 1.165) is 6.42 Å². The minimum Gasteiger partial charge on any atom is -0.455 e. The van der Waals surface area contributed by atoms with Crippen molar-refractivity contribution in [3.63, 3.8) is 0 Å². The molecule has 0 radical (unpaired) electrons. The maximum atomic E-state index is 13.1. The van der Waals surface area contributed by atoms with Crippen LogP contribution in [0, 0.1) is 5.82 Å². The first kappa shape index (κ1) is 20.0. The second-order valence-electron chi connectivity index (χ2n) is 6.64. The Balaban J connectivity index is 1.63. The molecule has 0 unspecified atom stereocenters. The summed E-state index contributed by atoms with van der Waals surface area (Å²) in [7, 11) is -3.90.